The second-order valence-corrected chi connectivity index (χ2v) is 9.97. The summed E-state index contributed by atoms with van der Waals surface area (Å²) < 4.78 is 0. The Kier molecular flexibility index (Phi) is 4.36. The summed E-state index contributed by atoms with van der Waals surface area (Å²) in [7, 11) is 1.90. The van der Waals surface area contributed by atoms with Gasteiger partial charge in [-0.2, -0.15) is 0 Å². The van der Waals surface area contributed by atoms with E-state index in [0.717, 1.165) is 62.9 Å². The lowest BCUT2D eigenvalue weighted by Gasteiger charge is -2.56. The van der Waals surface area contributed by atoms with Crippen molar-refractivity contribution in [2.75, 3.05) is 20.1 Å². The van der Waals surface area contributed by atoms with Crippen LogP contribution in [0.5, 0.6) is 0 Å². The first-order valence-corrected chi connectivity index (χ1v) is 10.4. The van der Waals surface area contributed by atoms with Gasteiger partial charge in [-0.3, -0.25) is 9.59 Å². The molecule has 0 aromatic carbocycles. The van der Waals surface area contributed by atoms with Crippen LogP contribution < -0.4 is 0 Å². The zero-order chi connectivity index (χ0) is 17.8. The van der Waals surface area contributed by atoms with Gasteiger partial charge in [0.2, 0.25) is 11.8 Å². The molecule has 25 heavy (non-hydrogen) atoms. The standard InChI is InChI=1S/C21H34N2O2/c1-14(2)13-22(3)19(24)18-5-4-6-23(18)20(25)21-10-15-7-16(11-21)9-17(8-15)12-21/h14-18H,4-13H2,1-3H3. The first kappa shape index (κ1) is 17.4. The van der Waals surface area contributed by atoms with Gasteiger partial charge in [-0.15, -0.1) is 0 Å². The smallest absolute Gasteiger partial charge is 0.245 e. The van der Waals surface area contributed by atoms with Crippen molar-refractivity contribution < 1.29 is 9.59 Å². The highest BCUT2D eigenvalue weighted by molar-refractivity contribution is 5.91. The van der Waals surface area contributed by atoms with Crippen molar-refractivity contribution in [3.05, 3.63) is 0 Å². The minimum absolute atomic E-state index is 0.117. The van der Waals surface area contributed by atoms with Crippen molar-refractivity contribution in [1.82, 2.24) is 9.80 Å². The topological polar surface area (TPSA) is 40.6 Å². The van der Waals surface area contributed by atoms with Crippen LogP contribution in [0.3, 0.4) is 0 Å². The van der Waals surface area contributed by atoms with Gasteiger partial charge >= 0.3 is 0 Å². The van der Waals surface area contributed by atoms with E-state index in [1.165, 1.54) is 19.3 Å². The SMILES string of the molecule is CC(C)CN(C)C(=O)C1CCCN1C(=O)C12CC3CC(CC(C3)C1)C2. The van der Waals surface area contributed by atoms with E-state index in [0.29, 0.717) is 11.8 Å². The van der Waals surface area contributed by atoms with E-state index in [1.54, 1.807) is 0 Å². The van der Waals surface area contributed by atoms with E-state index in [9.17, 15) is 9.59 Å². The molecule has 0 aromatic heterocycles. The molecule has 1 atom stereocenters. The monoisotopic (exact) mass is 346 g/mol. The van der Waals surface area contributed by atoms with Gasteiger partial charge in [-0.1, -0.05) is 13.8 Å². The molecule has 4 nitrogen and oxygen atoms in total. The number of hydrogen-bond donors (Lipinski definition) is 0. The fourth-order valence-corrected chi connectivity index (χ4v) is 6.84. The molecule has 1 unspecified atom stereocenters. The fraction of sp³-hybridized carbons (Fsp3) is 0.905. The van der Waals surface area contributed by atoms with E-state index < -0.39 is 0 Å². The summed E-state index contributed by atoms with van der Waals surface area (Å²) in [4.78, 5) is 30.4. The predicted octanol–water partition coefficient (Wildman–Crippen LogP) is 3.31. The number of carbonyl (C=O) groups is 2. The Morgan fingerprint density at radius 2 is 1.64 bits per heavy atom. The van der Waals surface area contributed by atoms with Crippen LogP contribution in [-0.2, 0) is 9.59 Å². The van der Waals surface area contributed by atoms with E-state index in [2.05, 4.69) is 13.8 Å². The molecule has 5 aliphatic rings. The molecular formula is C21H34N2O2. The van der Waals surface area contributed by atoms with Crippen LogP contribution in [0, 0.1) is 29.1 Å². The molecule has 4 aliphatic carbocycles. The normalized spacial score (nSPS) is 39.3. The Morgan fingerprint density at radius 3 is 2.16 bits per heavy atom. The Bertz CT molecular complexity index is 521. The van der Waals surface area contributed by atoms with Gasteiger partial charge in [0.25, 0.3) is 0 Å². The van der Waals surface area contributed by atoms with E-state index in [4.69, 9.17) is 0 Å². The second kappa shape index (κ2) is 6.28. The highest BCUT2D eigenvalue weighted by atomic mass is 16.2. The number of likely N-dealkylation sites (N-methyl/N-ethyl adjacent to an activating group) is 1. The summed E-state index contributed by atoms with van der Waals surface area (Å²) in [5.41, 5.74) is -0.117. The van der Waals surface area contributed by atoms with Crippen molar-refractivity contribution in [3.63, 3.8) is 0 Å². The van der Waals surface area contributed by atoms with Crippen LogP contribution in [0.2, 0.25) is 0 Å². The maximum absolute atomic E-state index is 13.6. The lowest BCUT2D eigenvalue weighted by molar-refractivity contribution is -0.161. The van der Waals surface area contributed by atoms with Crippen molar-refractivity contribution in [1.29, 1.82) is 0 Å². The van der Waals surface area contributed by atoms with Gasteiger partial charge in [0.15, 0.2) is 0 Å². The molecule has 0 radical (unpaired) electrons. The molecule has 4 bridgehead atoms. The van der Waals surface area contributed by atoms with Crippen LogP contribution in [-0.4, -0.2) is 47.8 Å². The van der Waals surface area contributed by atoms with Gasteiger partial charge in [-0.05, 0) is 75.0 Å². The molecule has 5 rings (SSSR count). The molecule has 4 saturated carbocycles. The van der Waals surface area contributed by atoms with Gasteiger partial charge in [-0.25, -0.2) is 0 Å². The highest BCUT2D eigenvalue weighted by Gasteiger charge is 2.56. The number of likely N-dealkylation sites (tertiary alicyclic amines) is 1. The Labute approximate surface area is 152 Å². The average Bonchev–Trinajstić information content (AvgIpc) is 3.00. The Morgan fingerprint density at radius 1 is 1.08 bits per heavy atom. The van der Waals surface area contributed by atoms with Crippen molar-refractivity contribution in [2.24, 2.45) is 29.1 Å². The summed E-state index contributed by atoms with van der Waals surface area (Å²) in [6.07, 6.45) is 9.17. The predicted molar refractivity (Wildman–Crippen MR) is 97.8 cm³/mol. The number of rotatable bonds is 4. The average molecular weight is 347 g/mol. The summed E-state index contributed by atoms with van der Waals surface area (Å²) in [5, 5.41) is 0. The maximum atomic E-state index is 13.6. The largest absolute Gasteiger partial charge is 0.344 e. The second-order valence-electron chi connectivity index (χ2n) is 9.97. The molecule has 4 heteroatoms. The third kappa shape index (κ3) is 3.00. The molecule has 0 aromatic rings. The van der Waals surface area contributed by atoms with Gasteiger partial charge in [0.05, 0.1) is 5.41 Å². The summed E-state index contributed by atoms with van der Waals surface area (Å²) in [6.45, 7) is 5.83. The lowest BCUT2D eigenvalue weighted by Crippen LogP contribution is -2.57. The van der Waals surface area contributed by atoms with Crippen molar-refractivity contribution >= 4 is 11.8 Å². The summed E-state index contributed by atoms with van der Waals surface area (Å²) in [6, 6.07) is -0.204. The first-order valence-electron chi connectivity index (χ1n) is 10.4. The minimum atomic E-state index is -0.204. The fourth-order valence-electron chi connectivity index (χ4n) is 6.84. The van der Waals surface area contributed by atoms with Crippen LogP contribution in [0.25, 0.3) is 0 Å². The third-order valence-corrected chi connectivity index (χ3v) is 7.31. The summed E-state index contributed by atoms with van der Waals surface area (Å²) >= 11 is 0. The zero-order valence-corrected chi connectivity index (χ0v) is 16.2. The first-order chi connectivity index (χ1) is 11.9. The molecular weight excluding hydrogens is 312 g/mol. The highest BCUT2D eigenvalue weighted by Crippen LogP contribution is 2.60. The third-order valence-electron chi connectivity index (χ3n) is 7.31. The van der Waals surface area contributed by atoms with E-state index >= 15 is 0 Å². The zero-order valence-electron chi connectivity index (χ0n) is 16.2. The molecule has 0 N–H and O–H groups in total. The minimum Gasteiger partial charge on any atom is -0.344 e. The molecule has 1 saturated heterocycles. The number of amides is 2. The molecule has 5 fully saturated rings. The Hall–Kier alpha value is -1.06. The van der Waals surface area contributed by atoms with Crippen LogP contribution in [0.1, 0.15) is 65.2 Å². The number of hydrogen-bond acceptors (Lipinski definition) is 2. The molecule has 140 valence electrons. The van der Waals surface area contributed by atoms with Gasteiger partial charge in [0, 0.05) is 20.1 Å². The van der Waals surface area contributed by atoms with E-state index in [1.807, 2.05) is 16.8 Å². The number of nitrogens with zero attached hydrogens (tertiary/aromatic N) is 2. The molecule has 2 amide bonds. The van der Waals surface area contributed by atoms with Gasteiger partial charge < -0.3 is 9.80 Å². The van der Waals surface area contributed by atoms with Crippen molar-refractivity contribution in [3.8, 4) is 0 Å². The van der Waals surface area contributed by atoms with E-state index in [-0.39, 0.29) is 17.4 Å². The van der Waals surface area contributed by atoms with Crippen LogP contribution in [0.4, 0.5) is 0 Å². The lowest BCUT2D eigenvalue weighted by atomic mass is 9.49. The van der Waals surface area contributed by atoms with Crippen LogP contribution >= 0.6 is 0 Å². The summed E-state index contributed by atoms with van der Waals surface area (Å²) in [5.74, 6) is 3.27. The maximum Gasteiger partial charge on any atom is 0.245 e. The van der Waals surface area contributed by atoms with Gasteiger partial charge in [0.1, 0.15) is 6.04 Å². The van der Waals surface area contributed by atoms with Crippen LogP contribution in [0.15, 0.2) is 0 Å². The molecule has 0 spiro atoms. The van der Waals surface area contributed by atoms with Crippen molar-refractivity contribution in [2.45, 2.75) is 71.3 Å². The molecule has 1 aliphatic heterocycles. The quantitative estimate of drug-likeness (QED) is 0.783. The molecule has 1 heterocycles. The Balaban J connectivity index is 1.50. The number of carbonyl (C=O) groups excluding carboxylic acids is 2.